The van der Waals surface area contributed by atoms with Crippen LogP contribution in [0.4, 0.5) is 0 Å². The highest BCUT2D eigenvalue weighted by Crippen LogP contribution is 2.22. The Balaban J connectivity index is 1.23. The molecule has 0 saturated heterocycles. The molecule has 1 aromatic heterocycles. The molecule has 3 aromatic carbocycles. The Labute approximate surface area is 178 Å². The highest BCUT2D eigenvalue weighted by Gasteiger charge is 2.11. The molecule has 1 unspecified atom stereocenters. The maximum absolute atomic E-state index is 12.5. The summed E-state index contributed by atoms with van der Waals surface area (Å²) in [5, 5.41) is 0.937. The number of aromatic nitrogens is 1. The van der Waals surface area contributed by atoms with Crippen LogP contribution in [0.15, 0.2) is 94.6 Å². The minimum absolute atomic E-state index is 0.112. The number of rotatable bonds is 8. The molecular weight excluding hydrogens is 394 g/mol. The number of hydrogen-bond acceptors (Lipinski definition) is 3. The van der Waals surface area contributed by atoms with Crippen LogP contribution in [0.1, 0.15) is 12.8 Å². The van der Waals surface area contributed by atoms with Crippen molar-refractivity contribution in [3.63, 3.8) is 0 Å². The SMILES string of the molecule is O=c1ccc2cc(OCCCC[S+]([O-])c3ccc(-c4ccccc4)cc3)ccc2[nH]1. The van der Waals surface area contributed by atoms with Crippen molar-refractivity contribution in [1.29, 1.82) is 0 Å². The van der Waals surface area contributed by atoms with Crippen molar-refractivity contribution in [2.45, 2.75) is 17.7 Å². The highest BCUT2D eigenvalue weighted by molar-refractivity contribution is 7.91. The van der Waals surface area contributed by atoms with Crippen molar-refractivity contribution in [3.05, 3.63) is 95.3 Å². The topological polar surface area (TPSA) is 65.2 Å². The van der Waals surface area contributed by atoms with Gasteiger partial charge >= 0.3 is 0 Å². The normalized spacial score (nSPS) is 12.0. The molecule has 0 aliphatic heterocycles. The first kappa shape index (κ1) is 20.3. The number of benzene rings is 3. The van der Waals surface area contributed by atoms with Gasteiger partial charge in [-0.2, -0.15) is 0 Å². The van der Waals surface area contributed by atoms with Gasteiger partial charge in [0.2, 0.25) is 5.56 Å². The van der Waals surface area contributed by atoms with Gasteiger partial charge in [0.1, 0.15) is 11.5 Å². The lowest BCUT2D eigenvalue weighted by Gasteiger charge is -2.11. The van der Waals surface area contributed by atoms with E-state index in [1.807, 2.05) is 60.7 Å². The third kappa shape index (κ3) is 5.12. The average Bonchev–Trinajstić information content (AvgIpc) is 2.79. The number of hydrogen-bond donors (Lipinski definition) is 1. The van der Waals surface area contributed by atoms with Crippen LogP contribution in [0.25, 0.3) is 22.0 Å². The zero-order valence-corrected chi connectivity index (χ0v) is 17.4. The van der Waals surface area contributed by atoms with E-state index in [1.54, 1.807) is 6.07 Å². The van der Waals surface area contributed by atoms with E-state index in [1.165, 1.54) is 6.07 Å². The van der Waals surface area contributed by atoms with E-state index in [0.717, 1.165) is 45.5 Å². The smallest absolute Gasteiger partial charge is 0.248 e. The maximum Gasteiger partial charge on any atom is 0.248 e. The van der Waals surface area contributed by atoms with Crippen LogP contribution in [-0.4, -0.2) is 21.9 Å². The molecule has 0 bridgehead atoms. The lowest BCUT2D eigenvalue weighted by Crippen LogP contribution is -2.08. The third-order valence-electron chi connectivity index (χ3n) is 4.91. The van der Waals surface area contributed by atoms with Crippen molar-refractivity contribution < 1.29 is 9.29 Å². The summed E-state index contributed by atoms with van der Waals surface area (Å²) in [6.07, 6.45) is 1.66. The van der Waals surface area contributed by atoms with Gasteiger partial charge in [-0.05, 0) is 83.7 Å². The number of nitrogens with one attached hydrogen (secondary N) is 1. The molecule has 1 atom stereocenters. The summed E-state index contributed by atoms with van der Waals surface area (Å²) in [5.41, 5.74) is 2.97. The minimum Gasteiger partial charge on any atom is -0.611 e. The molecule has 1 heterocycles. The molecule has 0 aliphatic rings. The number of H-pyrrole nitrogens is 1. The van der Waals surface area contributed by atoms with Crippen LogP contribution in [0.5, 0.6) is 5.75 Å². The molecule has 0 amide bonds. The van der Waals surface area contributed by atoms with Crippen LogP contribution in [0, 0.1) is 0 Å². The molecule has 152 valence electrons. The van der Waals surface area contributed by atoms with Crippen molar-refractivity contribution in [2.24, 2.45) is 0 Å². The number of unbranched alkanes of at least 4 members (excludes halogenated alkanes) is 1. The molecule has 0 spiro atoms. The van der Waals surface area contributed by atoms with E-state index in [-0.39, 0.29) is 5.56 Å². The van der Waals surface area contributed by atoms with Gasteiger partial charge in [-0.15, -0.1) is 0 Å². The fourth-order valence-corrected chi connectivity index (χ4v) is 4.44. The fourth-order valence-electron chi connectivity index (χ4n) is 3.30. The molecule has 0 fully saturated rings. The molecule has 0 radical (unpaired) electrons. The first-order valence-corrected chi connectivity index (χ1v) is 11.3. The fraction of sp³-hybridized carbons (Fsp3) is 0.160. The Morgan fingerprint density at radius 2 is 1.60 bits per heavy atom. The van der Waals surface area contributed by atoms with E-state index < -0.39 is 11.2 Å². The monoisotopic (exact) mass is 417 g/mol. The van der Waals surface area contributed by atoms with Crippen molar-refractivity contribution in [2.75, 3.05) is 12.4 Å². The second kappa shape index (κ2) is 9.65. The number of ether oxygens (including phenoxy) is 1. The molecular formula is C25H23NO3S. The van der Waals surface area contributed by atoms with Gasteiger partial charge in [-0.25, -0.2) is 0 Å². The van der Waals surface area contributed by atoms with Crippen LogP contribution in [-0.2, 0) is 11.2 Å². The van der Waals surface area contributed by atoms with E-state index >= 15 is 0 Å². The summed E-state index contributed by atoms with van der Waals surface area (Å²) in [4.78, 5) is 15.0. The molecule has 0 saturated carbocycles. The number of aromatic amines is 1. The summed E-state index contributed by atoms with van der Waals surface area (Å²) >= 11 is -1.01. The number of fused-ring (bicyclic) bond motifs is 1. The molecule has 0 aliphatic carbocycles. The molecule has 4 nitrogen and oxygen atoms in total. The van der Waals surface area contributed by atoms with Crippen molar-refractivity contribution in [1.82, 2.24) is 4.98 Å². The van der Waals surface area contributed by atoms with Gasteiger partial charge in [-0.3, -0.25) is 4.79 Å². The van der Waals surface area contributed by atoms with E-state index in [2.05, 4.69) is 17.1 Å². The second-order valence-corrected chi connectivity index (χ2v) is 8.64. The van der Waals surface area contributed by atoms with Crippen molar-refractivity contribution in [3.8, 4) is 16.9 Å². The van der Waals surface area contributed by atoms with Crippen molar-refractivity contribution >= 4 is 22.1 Å². The Morgan fingerprint density at radius 3 is 2.40 bits per heavy atom. The highest BCUT2D eigenvalue weighted by atomic mass is 32.2. The predicted octanol–water partition coefficient (Wildman–Crippen LogP) is 5.16. The van der Waals surface area contributed by atoms with Gasteiger partial charge < -0.3 is 14.3 Å². The van der Waals surface area contributed by atoms with Gasteiger partial charge in [0.15, 0.2) is 4.90 Å². The zero-order valence-electron chi connectivity index (χ0n) is 16.5. The van der Waals surface area contributed by atoms with Crippen LogP contribution >= 0.6 is 0 Å². The Morgan fingerprint density at radius 1 is 0.833 bits per heavy atom. The quantitative estimate of drug-likeness (QED) is 0.318. The lowest BCUT2D eigenvalue weighted by molar-refractivity contribution is 0.310. The first-order valence-electron chi connectivity index (χ1n) is 9.99. The van der Waals surface area contributed by atoms with E-state index in [4.69, 9.17) is 4.74 Å². The van der Waals surface area contributed by atoms with Gasteiger partial charge in [0.25, 0.3) is 0 Å². The summed E-state index contributed by atoms with van der Waals surface area (Å²) in [6.45, 7) is 0.568. The van der Waals surface area contributed by atoms with Crippen LogP contribution < -0.4 is 10.3 Å². The average molecular weight is 418 g/mol. The van der Waals surface area contributed by atoms with E-state index in [9.17, 15) is 9.35 Å². The standard InChI is InChI=1S/C25H23NO3S/c27-25-15-10-21-18-22(11-14-24(21)26-25)29-16-4-5-17-30(28)23-12-8-20(9-13-23)19-6-2-1-3-7-19/h1-3,6-15,18H,4-5,16-17H2,(H,26,27). The van der Waals surface area contributed by atoms with Gasteiger partial charge in [-0.1, -0.05) is 30.3 Å². The number of pyridine rings is 1. The summed E-state index contributed by atoms with van der Waals surface area (Å²) in [5.74, 6) is 1.39. The minimum atomic E-state index is -1.01. The van der Waals surface area contributed by atoms with Crippen LogP contribution in [0.2, 0.25) is 0 Å². The largest absolute Gasteiger partial charge is 0.611 e. The first-order chi connectivity index (χ1) is 14.7. The molecule has 4 aromatic rings. The van der Waals surface area contributed by atoms with Gasteiger partial charge in [0.05, 0.1) is 6.61 Å². The summed E-state index contributed by atoms with van der Waals surface area (Å²) in [6, 6.07) is 27.0. The van der Waals surface area contributed by atoms with Crippen LogP contribution in [0.3, 0.4) is 0 Å². The molecule has 4 rings (SSSR count). The lowest BCUT2D eigenvalue weighted by atomic mass is 10.1. The molecule has 30 heavy (non-hydrogen) atoms. The predicted molar refractivity (Wildman–Crippen MR) is 122 cm³/mol. The Kier molecular flexibility index (Phi) is 6.52. The zero-order chi connectivity index (χ0) is 20.8. The summed E-state index contributed by atoms with van der Waals surface area (Å²) < 4.78 is 18.3. The second-order valence-electron chi connectivity index (χ2n) is 7.07. The summed E-state index contributed by atoms with van der Waals surface area (Å²) in [7, 11) is 0. The maximum atomic E-state index is 12.5. The third-order valence-corrected chi connectivity index (χ3v) is 6.37. The molecule has 1 N–H and O–H groups in total. The Hall–Kier alpha value is -3.02. The Bertz CT molecular complexity index is 1160. The molecule has 5 heteroatoms. The van der Waals surface area contributed by atoms with Gasteiger partial charge in [0, 0.05) is 17.0 Å². The van der Waals surface area contributed by atoms with E-state index in [0.29, 0.717) is 12.4 Å².